The van der Waals surface area contributed by atoms with Gasteiger partial charge in [-0.2, -0.15) is 17.9 Å². The maximum absolute atomic E-state index is 13.1. The first kappa shape index (κ1) is 21.0. The summed E-state index contributed by atoms with van der Waals surface area (Å²) in [5, 5.41) is 22.6. The molecule has 1 aromatic heterocycles. The first-order chi connectivity index (χ1) is 15.0. The smallest absolute Gasteiger partial charge is 0.326 e. The Bertz CT molecular complexity index is 1180. The van der Waals surface area contributed by atoms with Crippen molar-refractivity contribution in [2.45, 2.75) is 31.2 Å². The third-order valence-corrected chi connectivity index (χ3v) is 6.52. The standard InChI is InChI=1S/C24H23N3O3S/c25-11-14-5-7-17-15(9-14)6-8-19(17)20(13-31)23(28)27-22(24(29)30)10-16-12-26-21-4-2-1-3-18(16)21/h1-5,7,9,12,19-20,22,26,31H,6,8,10,13H2,(H,27,28)(H,29,30)/t19?,20?,22-/m0/s1. The van der Waals surface area contributed by atoms with Crippen molar-refractivity contribution >= 4 is 35.4 Å². The number of carbonyl (C=O) groups excluding carboxylic acids is 1. The SMILES string of the molecule is N#Cc1ccc2c(c1)CCC2C(CS)C(=O)N[C@@H](Cc1c[nH]c2ccccc12)C(=O)O. The van der Waals surface area contributed by atoms with E-state index in [1.54, 1.807) is 12.3 Å². The summed E-state index contributed by atoms with van der Waals surface area (Å²) in [6.45, 7) is 0. The van der Waals surface area contributed by atoms with Crippen LogP contribution in [0.5, 0.6) is 0 Å². The number of para-hydroxylation sites is 1. The van der Waals surface area contributed by atoms with E-state index in [0.717, 1.165) is 40.4 Å². The Balaban J connectivity index is 1.52. The molecule has 158 valence electrons. The number of nitrogens with one attached hydrogen (secondary N) is 2. The molecular formula is C24H23N3O3S. The van der Waals surface area contributed by atoms with E-state index in [-0.39, 0.29) is 18.2 Å². The van der Waals surface area contributed by atoms with E-state index in [1.807, 2.05) is 36.4 Å². The summed E-state index contributed by atoms with van der Waals surface area (Å²) in [6, 6.07) is 14.3. The average molecular weight is 434 g/mol. The second-order valence-electron chi connectivity index (χ2n) is 7.92. The van der Waals surface area contributed by atoms with Gasteiger partial charge in [0.1, 0.15) is 6.04 Å². The number of thiol groups is 1. The van der Waals surface area contributed by atoms with E-state index in [1.165, 1.54) is 0 Å². The Labute approximate surface area is 185 Å². The van der Waals surface area contributed by atoms with Crippen molar-refractivity contribution in [3.8, 4) is 6.07 Å². The molecule has 1 heterocycles. The number of hydrogen-bond donors (Lipinski definition) is 4. The molecule has 1 aliphatic rings. The molecule has 3 aromatic rings. The number of aliphatic carboxylic acids is 1. The highest BCUT2D eigenvalue weighted by Crippen LogP contribution is 2.39. The molecule has 1 aliphatic carbocycles. The number of carbonyl (C=O) groups is 2. The van der Waals surface area contributed by atoms with Crippen LogP contribution in [0.3, 0.4) is 0 Å². The van der Waals surface area contributed by atoms with Crippen LogP contribution in [0.1, 0.15) is 34.6 Å². The fourth-order valence-electron chi connectivity index (χ4n) is 4.53. The lowest BCUT2D eigenvalue weighted by Crippen LogP contribution is -2.46. The number of rotatable bonds is 7. The van der Waals surface area contributed by atoms with Gasteiger partial charge in [-0.3, -0.25) is 4.79 Å². The number of aromatic nitrogens is 1. The summed E-state index contributed by atoms with van der Waals surface area (Å²) in [5.41, 5.74) is 4.52. The van der Waals surface area contributed by atoms with Gasteiger partial charge >= 0.3 is 5.97 Å². The Kier molecular flexibility index (Phi) is 6.01. The van der Waals surface area contributed by atoms with Crippen molar-refractivity contribution in [3.05, 3.63) is 70.9 Å². The first-order valence-corrected chi connectivity index (χ1v) is 10.9. The predicted octanol–water partition coefficient (Wildman–Crippen LogP) is 3.43. The van der Waals surface area contributed by atoms with E-state index in [4.69, 9.17) is 5.26 Å². The monoisotopic (exact) mass is 433 g/mol. The van der Waals surface area contributed by atoms with Crippen LogP contribution in [0.2, 0.25) is 0 Å². The van der Waals surface area contributed by atoms with Gasteiger partial charge in [0.15, 0.2) is 0 Å². The summed E-state index contributed by atoms with van der Waals surface area (Å²) in [5.74, 6) is -1.54. The highest BCUT2D eigenvalue weighted by Gasteiger charge is 2.35. The highest BCUT2D eigenvalue weighted by atomic mass is 32.1. The quantitative estimate of drug-likeness (QED) is 0.428. The molecule has 0 fully saturated rings. The molecular weight excluding hydrogens is 410 g/mol. The lowest BCUT2D eigenvalue weighted by atomic mass is 9.87. The normalized spacial score (nSPS) is 17.0. The van der Waals surface area contributed by atoms with Crippen LogP contribution >= 0.6 is 12.6 Å². The van der Waals surface area contributed by atoms with Crippen molar-refractivity contribution in [1.82, 2.24) is 10.3 Å². The number of H-pyrrole nitrogens is 1. The van der Waals surface area contributed by atoms with Crippen LogP contribution < -0.4 is 5.32 Å². The molecule has 31 heavy (non-hydrogen) atoms. The Morgan fingerprint density at radius 3 is 2.84 bits per heavy atom. The van der Waals surface area contributed by atoms with Crippen LogP contribution in [0.25, 0.3) is 10.9 Å². The van der Waals surface area contributed by atoms with E-state index in [0.29, 0.717) is 11.3 Å². The number of carboxylic acids is 1. The number of amides is 1. The molecule has 2 unspecified atom stereocenters. The summed E-state index contributed by atoms with van der Waals surface area (Å²) in [7, 11) is 0. The lowest BCUT2D eigenvalue weighted by molar-refractivity contribution is -0.142. The summed E-state index contributed by atoms with van der Waals surface area (Å²) in [4.78, 5) is 28.2. The number of aryl methyl sites for hydroxylation is 1. The zero-order valence-corrected chi connectivity index (χ0v) is 17.7. The molecule has 0 saturated heterocycles. The fraction of sp³-hybridized carbons (Fsp3) is 0.292. The van der Waals surface area contributed by atoms with Crippen LogP contribution in [0.15, 0.2) is 48.7 Å². The van der Waals surface area contributed by atoms with E-state index in [9.17, 15) is 14.7 Å². The van der Waals surface area contributed by atoms with E-state index < -0.39 is 17.9 Å². The van der Waals surface area contributed by atoms with Crippen molar-refractivity contribution in [2.75, 3.05) is 5.75 Å². The lowest BCUT2D eigenvalue weighted by Gasteiger charge is -2.24. The zero-order chi connectivity index (χ0) is 22.0. The molecule has 0 aliphatic heterocycles. The third-order valence-electron chi connectivity index (χ3n) is 6.13. The summed E-state index contributed by atoms with van der Waals surface area (Å²) < 4.78 is 0. The van der Waals surface area contributed by atoms with Crippen LogP contribution in [-0.2, 0) is 22.4 Å². The van der Waals surface area contributed by atoms with Gasteiger partial charge in [-0.25, -0.2) is 4.79 Å². The summed E-state index contributed by atoms with van der Waals surface area (Å²) >= 11 is 4.41. The van der Waals surface area contributed by atoms with Crippen molar-refractivity contribution < 1.29 is 14.7 Å². The molecule has 1 amide bonds. The van der Waals surface area contributed by atoms with Gasteiger partial charge in [0, 0.05) is 29.3 Å². The number of carboxylic acid groups (broad SMARTS) is 1. The molecule has 6 nitrogen and oxygen atoms in total. The number of hydrogen-bond acceptors (Lipinski definition) is 4. The minimum absolute atomic E-state index is 0.0391. The number of nitriles is 1. The van der Waals surface area contributed by atoms with Crippen LogP contribution in [0, 0.1) is 17.2 Å². The molecule has 4 rings (SSSR count). The van der Waals surface area contributed by atoms with E-state index in [2.05, 4.69) is 29.0 Å². The van der Waals surface area contributed by atoms with Crippen molar-refractivity contribution in [1.29, 1.82) is 5.26 Å². The molecule has 3 atom stereocenters. The molecule has 2 aromatic carbocycles. The largest absolute Gasteiger partial charge is 0.480 e. The Morgan fingerprint density at radius 1 is 1.29 bits per heavy atom. The van der Waals surface area contributed by atoms with Gasteiger partial charge < -0.3 is 15.4 Å². The van der Waals surface area contributed by atoms with Gasteiger partial charge in [-0.15, -0.1) is 0 Å². The minimum Gasteiger partial charge on any atom is -0.480 e. The summed E-state index contributed by atoms with van der Waals surface area (Å²) in [6.07, 6.45) is 3.56. The maximum Gasteiger partial charge on any atom is 0.326 e. The van der Waals surface area contributed by atoms with Gasteiger partial charge in [0.05, 0.1) is 17.6 Å². The molecule has 0 radical (unpaired) electrons. The Morgan fingerprint density at radius 2 is 2.10 bits per heavy atom. The molecule has 0 spiro atoms. The topological polar surface area (TPSA) is 106 Å². The van der Waals surface area contributed by atoms with Crippen LogP contribution in [0.4, 0.5) is 0 Å². The van der Waals surface area contributed by atoms with Gasteiger partial charge in [0.25, 0.3) is 0 Å². The number of fused-ring (bicyclic) bond motifs is 2. The fourth-order valence-corrected chi connectivity index (χ4v) is 4.95. The van der Waals surface area contributed by atoms with Crippen LogP contribution in [-0.4, -0.2) is 33.8 Å². The highest BCUT2D eigenvalue weighted by molar-refractivity contribution is 7.80. The number of benzene rings is 2. The minimum atomic E-state index is -1.07. The second kappa shape index (κ2) is 8.86. The first-order valence-electron chi connectivity index (χ1n) is 10.2. The van der Waals surface area contributed by atoms with Crippen molar-refractivity contribution in [2.24, 2.45) is 5.92 Å². The van der Waals surface area contributed by atoms with E-state index >= 15 is 0 Å². The molecule has 0 saturated carbocycles. The second-order valence-corrected chi connectivity index (χ2v) is 8.29. The Hall–Kier alpha value is -3.24. The van der Waals surface area contributed by atoms with Crippen molar-refractivity contribution in [3.63, 3.8) is 0 Å². The molecule has 0 bridgehead atoms. The van der Waals surface area contributed by atoms with Gasteiger partial charge in [-0.05, 0) is 53.6 Å². The zero-order valence-electron chi connectivity index (χ0n) is 16.8. The van der Waals surface area contributed by atoms with Gasteiger partial charge in [0.2, 0.25) is 5.91 Å². The molecule has 7 heteroatoms. The van der Waals surface area contributed by atoms with Gasteiger partial charge in [-0.1, -0.05) is 24.3 Å². The number of aromatic amines is 1. The molecule has 3 N–H and O–H groups in total. The average Bonchev–Trinajstić information content (AvgIpc) is 3.38. The third kappa shape index (κ3) is 4.17. The number of nitrogens with zero attached hydrogens (tertiary/aromatic N) is 1. The maximum atomic E-state index is 13.1. The predicted molar refractivity (Wildman–Crippen MR) is 121 cm³/mol.